The first kappa shape index (κ1) is 16.3. The first-order chi connectivity index (χ1) is 11.7. The van der Waals surface area contributed by atoms with Gasteiger partial charge in [-0.1, -0.05) is 6.07 Å². The molecular weight excluding hydrogens is 320 g/mol. The van der Waals surface area contributed by atoms with Crippen LogP contribution in [0.5, 0.6) is 5.75 Å². The van der Waals surface area contributed by atoms with Crippen molar-refractivity contribution in [1.29, 1.82) is 0 Å². The molecule has 1 amide bonds. The quantitative estimate of drug-likeness (QED) is 0.666. The van der Waals surface area contributed by atoms with E-state index in [-0.39, 0.29) is 5.91 Å². The van der Waals surface area contributed by atoms with Crippen LogP contribution in [-0.2, 0) is 11.2 Å². The number of nitrogens with one attached hydrogen (secondary N) is 2. The number of methoxy groups -OCH3 is 1. The highest BCUT2D eigenvalue weighted by molar-refractivity contribution is 7.11. The number of carbonyl (C=O) groups excluding carboxylic acids is 1. The third kappa shape index (κ3) is 3.68. The molecular formula is C19H20N2O2S. The standard InChI is InChI=1S/C19H20N2O2S/c1-13(18-4-3-9-24-18)10-19(22)20-8-7-14-12-21-17-11-15(23-2)5-6-16(14)17/h3-6,9-12,21H,7-8H2,1-2H3,(H,20,22). The van der Waals surface area contributed by atoms with E-state index >= 15 is 0 Å². The van der Waals surface area contributed by atoms with Gasteiger partial charge in [0.25, 0.3) is 0 Å². The number of benzene rings is 1. The van der Waals surface area contributed by atoms with Crippen molar-refractivity contribution in [2.75, 3.05) is 13.7 Å². The summed E-state index contributed by atoms with van der Waals surface area (Å²) in [6.07, 6.45) is 4.43. The molecule has 124 valence electrons. The van der Waals surface area contributed by atoms with Gasteiger partial charge in [-0.25, -0.2) is 0 Å². The van der Waals surface area contributed by atoms with E-state index in [1.165, 1.54) is 5.56 Å². The smallest absolute Gasteiger partial charge is 0.244 e. The SMILES string of the molecule is COc1ccc2c(CCNC(=O)C=C(C)c3cccs3)c[nH]c2c1. The Kier molecular flexibility index (Phi) is 5.01. The number of rotatable bonds is 6. The van der Waals surface area contributed by atoms with Crippen LogP contribution in [0.1, 0.15) is 17.4 Å². The van der Waals surface area contributed by atoms with Crippen molar-refractivity contribution in [2.24, 2.45) is 0 Å². The number of aromatic amines is 1. The largest absolute Gasteiger partial charge is 0.497 e. The Morgan fingerprint density at radius 1 is 1.38 bits per heavy atom. The van der Waals surface area contributed by atoms with Crippen LogP contribution < -0.4 is 10.1 Å². The van der Waals surface area contributed by atoms with Crippen LogP contribution in [0, 0.1) is 0 Å². The van der Waals surface area contributed by atoms with Crippen LogP contribution in [0.15, 0.2) is 48.0 Å². The maximum atomic E-state index is 12.0. The molecule has 0 atom stereocenters. The van der Waals surface area contributed by atoms with Gasteiger partial charge in [0, 0.05) is 40.7 Å². The summed E-state index contributed by atoms with van der Waals surface area (Å²) in [7, 11) is 1.66. The number of fused-ring (bicyclic) bond motifs is 1. The number of allylic oxidation sites excluding steroid dienone is 1. The monoisotopic (exact) mass is 340 g/mol. The highest BCUT2D eigenvalue weighted by Crippen LogP contribution is 2.23. The lowest BCUT2D eigenvalue weighted by Gasteiger charge is -2.04. The van der Waals surface area contributed by atoms with Crippen molar-refractivity contribution < 1.29 is 9.53 Å². The van der Waals surface area contributed by atoms with E-state index in [1.807, 2.05) is 48.8 Å². The first-order valence-electron chi connectivity index (χ1n) is 7.81. The second-order valence-corrected chi connectivity index (χ2v) is 6.52. The van der Waals surface area contributed by atoms with E-state index in [2.05, 4.69) is 10.3 Å². The van der Waals surface area contributed by atoms with Gasteiger partial charge in [-0.3, -0.25) is 4.79 Å². The number of thiophene rings is 1. The number of hydrogen-bond donors (Lipinski definition) is 2. The molecule has 3 rings (SSSR count). The van der Waals surface area contributed by atoms with Crippen LogP contribution in [0.3, 0.4) is 0 Å². The van der Waals surface area contributed by atoms with Crippen molar-refractivity contribution in [1.82, 2.24) is 10.3 Å². The maximum Gasteiger partial charge on any atom is 0.244 e. The summed E-state index contributed by atoms with van der Waals surface area (Å²) < 4.78 is 5.23. The summed E-state index contributed by atoms with van der Waals surface area (Å²) >= 11 is 1.64. The minimum atomic E-state index is -0.0533. The van der Waals surface area contributed by atoms with Gasteiger partial charge in [0.15, 0.2) is 0 Å². The van der Waals surface area contributed by atoms with E-state index in [1.54, 1.807) is 24.5 Å². The Hall–Kier alpha value is -2.53. The molecule has 0 fully saturated rings. The molecule has 3 aromatic rings. The summed E-state index contributed by atoms with van der Waals surface area (Å²) in [5.74, 6) is 0.779. The predicted molar refractivity (Wildman–Crippen MR) is 99.5 cm³/mol. The molecule has 24 heavy (non-hydrogen) atoms. The van der Waals surface area contributed by atoms with E-state index in [9.17, 15) is 4.79 Å². The van der Waals surface area contributed by atoms with Gasteiger partial charge < -0.3 is 15.0 Å². The molecule has 0 radical (unpaired) electrons. The van der Waals surface area contributed by atoms with Crippen molar-refractivity contribution >= 4 is 33.7 Å². The number of carbonyl (C=O) groups is 1. The van der Waals surface area contributed by atoms with Crippen LogP contribution in [0.25, 0.3) is 16.5 Å². The van der Waals surface area contributed by atoms with Crippen molar-refractivity contribution in [3.63, 3.8) is 0 Å². The molecule has 2 heterocycles. The molecule has 5 heteroatoms. The Morgan fingerprint density at radius 3 is 3.00 bits per heavy atom. The predicted octanol–water partition coefficient (Wildman–Crippen LogP) is 4.00. The molecule has 2 N–H and O–H groups in total. The minimum absolute atomic E-state index is 0.0533. The Balaban J connectivity index is 1.58. The van der Waals surface area contributed by atoms with Gasteiger partial charge in [-0.2, -0.15) is 0 Å². The average molecular weight is 340 g/mol. The Labute approximate surface area is 145 Å². The topological polar surface area (TPSA) is 54.1 Å². The second kappa shape index (κ2) is 7.36. The maximum absolute atomic E-state index is 12.0. The highest BCUT2D eigenvalue weighted by Gasteiger charge is 2.06. The summed E-state index contributed by atoms with van der Waals surface area (Å²) in [5, 5.41) is 6.12. The van der Waals surface area contributed by atoms with E-state index in [0.29, 0.717) is 6.54 Å². The average Bonchev–Trinajstić information content (AvgIpc) is 3.24. The van der Waals surface area contributed by atoms with Gasteiger partial charge in [-0.05, 0) is 48.1 Å². The van der Waals surface area contributed by atoms with Gasteiger partial charge in [0.05, 0.1) is 7.11 Å². The zero-order chi connectivity index (χ0) is 16.9. The van der Waals surface area contributed by atoms with E-state index in [0.717, 1.165) is 33.5 Å². The van der Waals surface area contributed by atoms with Crippen molar-refractivity contribution in [3.05, 3.63) is 58.4 Å². The van der Waals surface area contributed by atoms with Crippen LogP contribution in [0.4, 0.5) is 0 Å². The molecule has 0 saturated carbocycles. The minimum Gasteiger partial charge on any atom is -0.497 e. The number of amides is 1. The lowest BCUT2D eigenvalue weighted by molar-refractivity contribution is -0.116. The highest BCUT2D eigenvalue weighted by atomic mass is 32.1. The third-order valence-corrected chi connectivity index (χ3v) is 4.93. The van der Waals surface area contributed by atoms with Crippen molar-refractivity contribution in [2.45, 2.75) is 13.3 Å². The number of aromatic nitrogens is 1. The zero-order valence-electron chi connectivity index (χ0n) is 13.8. The van der Waals surface area contributed by atoms with Crippen LogP contribution in [0.2, 0.25) is 0 Å². The van der Waals surface area contributed by atoms with Crippen LogP contribution in [-0.4, -0.2) is 24.5 Å². The lowest BCUT2D eigenvalue weighted by atomic mass is 10.1. The summed E-state index contributed by atoms with van der Waals surface area (Å²) in [6, 6.07) is 9.98. The summed E-state index contributed by atoms with van der Waals surface area (Å²) in [4.78, 5) is 16.4. The fourth-order valence-electron chi connectivity index (χ4n) is 2.64. The number of ether oxygens (including phenoxy) is 1. The summed E-state index contributed by atoms with van der Waals surface area (Å²) in [6.45, 7) is 2.56. The first-order valence-corrected chi connectivity index (χ1v) is 8.69. The third-order valence-electron chi connectivity index (χ3n) is 3.93. The molecule has 2 aromatic heterocycles. The molecule has 1 aromatic carbocycles. The van der Waals surface area contributed by atoms with Crippen LogP contribution >= 0.6 is 11.3 Å². The number of hydrogen-bond acceptors (Lipinski definition) is 3. The normalized spacial score (nSPS) is 11.7. The molecule has 0 unspecified atom stereocenters. The van der Waals surface area contributed by atoms with E-state index in [4.69, 9.17) is 4.74 Å². The van der Waals surface area contributed by atoms with E-state index < -0.39 is 0 Å². The molecule has 4 nitrogen and oxygen atoms in total. The Morgan fingerprint density at radius 2 is 2.25 bits per heavy atom. The molecule has 0 aliphatic carbocycles. The molecule has 0 bridgehead atoms. The molecule has 0 spiro atoms. The molecule has 0 aliphatic rings. The number of H-pyrrole nitrogens is 1. The lowest BCUT2D eigenvalue weighted by Crippen LogP contribution is -2.23. The fraction of sp³-hybridized carbons (Fsp3) is 0.211. The van der Waals surface area contributed by atoms with Gasteiger partial charge in [0.2, 0.25) is 5.91 Å². The fourth-order valence-corrected chi connectivity index (χ4v) is 3.35. The molecule has 0 aliphatic heterocycles. The van der Waals surface area contributed by atoms with Gasteiger partial charge in [0.1, 0.15) is 5.75 Å². The molecule has 0 saturated heterocycles. The van der Waals surface area contributed by atoms with Gasteiger partial charge in [-0.15, -0.1) is 11.3 Å². The zero-order valence-corrected chi connectivity index (χ0v) is 14.6. The van der Waals surface area contributed by atoms with Gasteiger partial charge >= 0.3 is 0 Å². The summed E-state index contributed by atoms with van der Waals surface area (Å²) in [5.41, 5.74) is 3.22. The van der Waals surface area contributed by atoms with Crippen molar-refractivity contribution in [3.8, 4) is 5.75 Å². The Bertz CT molecular complexity index is 863. The second-order valence-electron chi connectivity index (χ2n) is 5.57.